The summed E-state index contributed by atoms with van der Waals surface area (Å²) >= 11 is 0. The molecule has 1 aromatic carbocycles. The number of hydrogen-bond donors (Lipinski definition) is 2. The summed E-state index contributed by atoms with van der Waals surface area (Å²) in [7, 11) is 1.59. The molecule has 31 heavy (non-hydrogen) atoms. The normalized spacial score (nSPS) is 12.1. The first-order valence-corrected chi connectivity index (χ1v) is 10.7. The molecule has 2 rings (SSSR count). The topological polar surface area (TPSA) is 93.4 Å². The lowest BCUT2D eigenvalue weighted by Crippen LogP contribution is -2.35. The molecule has 1 aromatic heterocycles. The summed E-state index contributed by atoms with van der Waals surface area (Å²) in [5.41, 5.74) is 1.00. The SMILES string of the molecule is CCOC(=O)c1ccc(CNCc2ccc(OCC(O)CN(CC)CC)c(OC)c2)o1. The highest BCUT2D eigenvalue weighted by Gasteiger charge is 2.13. The molecular formula is C23H34N2O6. The van der Waals surface area contributed by atoms with E-state index in [4.69, 9.17) is 18.6 Å². The highest BCUT2D eigenvalue weighted by atomic mass is 16.5. The number of nitrogens with zero attached hydrogens (tertiary/aromatic N) is 1. The average molecular weight is 435 g/mol. The molecule has 8 nitrogen and oxygen atoms in total. The van der Waals surface area contributed by atoms with Gasteiger partial charge in [0.1, 0.15) is 18.5 Å². The monoisotopic (exact) mass is 434 g/mol. The fourth-order valence-corrected chi connectivity index (χ4v) is 3.07. The van der Waals surface area contributed by atoms with Crippen molar-refractivity contribution < 1.29 is 28.5 Å². The van der Waals surface area contributed by atoms with E-state index in [1.54, 1.807) is 26.2 Å². The number of aliphatic hydroxyl groups excluding tert-OH is 1. The number of benzene rings is 1. The molecule has 0 fully saturated rings. The minimum Gasteiger partial charge on any atom is -0.493 e. The average Bonchev–Trinajstić information content (AvgIpc) is 3.25. The van der Waals surface area contributed by atoms with E-state index in [1.165, 1.54) is 0 Å². The third-order valence-electron chi connectivity index (χ3n) is 4.79. The minimum atomic E-state index is -0.571. The van der Waals surface area contributed by atoms with Gasteiger partial charge in [-0.2, -0.15) is 0 Å². The number of aliphatic hydroxyl groups is 1. The first-order chi connectivity index (χ1) is 15.0. The summed E-state index contributed by atoms with van der Waals surface area (Å²) < 4.78 is 21.6. The van der Waals surface area contributed by atoms with Crippen molar-refractivity contribution in [1.29, 1.82) is 0 Å². The van der Waals surface area contributed by atoms with Crippen LogP contribution in [0, 0.1) is 0 Å². The minimum absolute atomic E-state index is 0.199. The van der Waals surface area contributed by atoms with Gasteiger partial charge in [-0.3, -0.25) is 0 Å². The maximum absolute atomic E-state index is 11.7. The van der Waals surface area contributed by atoms with Gasteiger partial charge in [-0.1, -0.05) is 19.9 Å². The van der Waals surface area contributed by atoms with Crippen LogP contribution in [0.25, 0.3) is 0 Å². The van der Waals surface area contributed by atoms with Crippen LogP contribution in [-0.4, -0.2) is 62.0 Å². The second-order valence-electron chi connectivity index (χ2n) is 7.03. The Bertz CT molecular complexity index is 803. The van der Waals surface area contributed by atoms with Crippen molar-refractivity contribution in [2.45, 2.75) is 40.0 Å². The summed E-state index contributed by atoms with van der Waals surface area (Å²) in [6.45, 7) is 9.80. The van der Waals surface area contributed by atoms with Crippen molar-refractivity contribution in [2.75, 3.05) is 40.0 Å². The van der Waals surface area contributed by atoms with Gasteiger partial charge < -0.3 is 34.0 Å². The zero-order valence-electron chi connectivity index (χ0n) is 18.8. The number of esters is 1. The first-order valence-electron chi connectivity index (χ1n) is 10.7. The van der Waals surface area contributed by atoms with Crippen LogP contribution in [0.5, 0.6) is 11.5 Å². The van der Waals surface area contributed by atoms with E-state index in [0.717, 1.165) is 18.7 Å². The van der Waals surface area contributed by atoms with Crippen molar-refractivity contribution in [3.63, 3.8) is 0 Å². The lowest BCUT2D eigenvalue weighted by atomic mass is 10.2. The molecule has 2 aromatic rings. The fraction of sp³-hybridized carbons (Fsp3) is 0.522. The van der Waals surface area contributed by atoms with Gasteiger partial charge in [-0.15, -0.1) is 0 Å². The Labute approximate surface area is 184 Å². The van der Waals surface area contributed by atoms with E-state index in [2.05, 4.69) is 24.1 Å². The Morgan fingerprint density at radius 2 is 1.90 bits per heavy atom. The van der Waals surface area contributed by atoms with Gasteiger partial charge in [0, 0.05) is 13.1 Å². The standard InChI is InChI=1S/C23H34N2O6/c1-5-25(6-2)15-18(26)16-30-20-10-8-17(12-22(20)28-4)13-24-14-19-9-11-21(31-19)23(27)29-7-3/h8-12,18,24,26H,5-7,13-16H2,1-4H3. The largest absolute Gasteiger partial charge is 0.493 e. The molecule has 1 heterocycles. The predicted octanol–water partition coefficient (Wildman–Crippen LogP) is 2.84. The molecule has 0 amide bonds. The summed E-state index contributed by atoms with van der Waals surface area (Å²) in [4.78, 5) is 13.8. The second kappa shape index (κ2) is 13.0. The lowest BCUT2D eigenvalue weighted by molar-refractivity contribution is 0.0488. The fourth-order valence-electron chi connectivity index (χ4n) is 3.07. The van der Waals surface area contributed by atoms with Crippen LogP contribution in [-0.2, 0) is 17.8 Å². The van der Waals surface area contributed by atoms with Gasteiger partial charge in [0.25, 0.3) is 0 Å². The molecular weight excluding hydrogens is 400 g/mol. The zero-order valence-corrected chi connectivity index (χ0v) is 18.8. The van der Waals surface area contributed by atoms with Crippen molar-refractivity contribution in [2.24, 2.45) is 0 Å². The van der Waals surface area contributed by atoms with Crippen LogP contribution in [0.1, 0.15) is 42.6 Å². The van der Waals surface area contributed by atoms with Crippen molar-refractivity contribution >= 4 is 5.97 Å². The molecule has 0 aliphatic heterocycles. The van der Waals surface area contributed by atoms with Crippen molar-refractivity contribution in [3.05, 3.63) is 47.4 Å². The smallest absolute Gasteiger partial charge is 0.374 e. The Balaban J connectivity index is 1.85. The first kappa shape index (κ1) is 24.7. The van der Waals surface area contributed by atoms with Crippen LogP contribution in [0.3, 0.4) is 0 Å². The molecule has 0 aliphatic carbocycles. The number of carbonyl (C=O) groups is 1. The van der Waals surface area contributed by atoms with Crippen LogP contribution in [0.4, 0.5) is 0 Å². The van der Waals surface area contributed by atoms with Crippen LogP contribution in [0.2, 0.25) is 0 Å². The molecule has 0 bridgehead atoms. The molecule has 0 spiro atoms. The Hall–Kier alpha value is -2.55. The summed E-state index contributed by atoms with van der Waals surface area (Å²) in [6, 6.07) is 9.03. The van der Waals surface area contributed by atoms with Crippen molar-refractivity contribution in [1.82, 2.24) is 10.2 Å². The molecule has 172 valence electrons. The van der Waals surface area contributed by atoms with Gasteiger partial charge >= 0.3 is 5.97 Å². The van der Waals surface area contributed by atoms with Gasteiger partial charge in [-0.05, 0) is 49.8 Å². The number of rotatable bonds is 14. The molecule has 1 atom stereocenters. The van der Waals surface area contributed by atoms with Crippen LogP contribution >= 0.6 is 0 Å². The molecule has 0 saturated heterocycles. The summed E-state index contributed by atoms with van der Waals surface area (Å²) in [5.74, 6) is 1.59. The van der Waals surface area contributed by atoms with Crippen LogP contribution < -0.4 is 14.8 Å². The highest BCUT2D eigenvalue weighted by Crippen LogP contribution is 2.28. The summed E-state index contributed by atoms with van der Waals surface area (Å²) in [6.07, 6.45) is -0.571. The highest BCUT2D eigenvalue weighted by molar-refractivity contribution is 5.86. The Morgan fingerprint density at radius 3 is 2.58 bits per heavy atom. The number of methoxy groups -OCH3 is 1. The maximum Gasteiger partial charge on any atom is 0.374 e. The van der Waals surface area contributed by atoms with E-state index in [1.807, 2.05) is 18.2 Å². The summed E-state index contributed by atoms with van der Waals surface area (Å²) in [5, 5.41) is 13.5. The quantitative estimate of drug-likeness (QED) is 0.439. The second-order valence-corrected chi connectivity index (χ2v) is 7.03. The molecule has 0 aliphatic rings. The van der Waals surface area contributed by atoms with Crippen LogP contribution in [0.15, 0.2) is 34.7 Å². The Kier molecular flexibility index (Phi) is 10.4. The molecule has 8 heteroatoms. The molecule has 0 saturated carbocycles. The van der Waals surface area contributed by atoms with Crippen molar-refractivity contribution in [3.8, 4) is 11.5 Å². The van der Waals surface area contributed by atoms with Gasteiger partial charge in [-0.25, -0.2) is 4.79 Å². The van der Waals surface area contributed by atoms with E-state index in [-0.39, 0.29) is 12.4 Å². The molecule has 2 N–H and O–H groups in total. The number of carbonyl (C=O) groups excluding carboxylic acids is 1. The molecule has 1 unspecified atom stereocenters. The number of furan rings is 1. The number of hydrogen-bond acceptors (Lipinski definition) is 8. The van der Waals surface area contributed by atoms with E-state index in [0.29, 0.717) is 43.5 Å². The molecule has 0 radical (unpaired) electrons. The third kappa shape index (κ3) is 7.90. The number of likely N-dealkylation sites (N-methyl/N-ethyl adjacent to an activating group) is 1. The zero-order chi connectivity index (χ0) is 22.6. The number of ether oxygens (including phenoxy) is 3. The van der Waals surface area contributed by atoms with E-state index in [9.17, 15) is 9.90 Å². The van der Waals surface area contributed by atoms with Gasteiger partial charge in [0.15, 0.2) is 11.5 Å². The third-order valence-corrected chi connectivity index (χ3v) is 4.79. The predicted molar refractivity (Wildman–Crippen MR) is 117 cm³/mol. The van der Waals surface area contributed by atoms with E-state index >= 15 is 0 Å². The maximum atomic E-state index is 11.7. The Morgan fingerprint density at radius 1 is 1.13 bits per heavy atom. The van der Waals surface area contributed by atoms with Gasteiger partial charge in [0.2, 0.25) is 5.76 Å². The van der Waals surface area contributed by atoms with E-state index < -0.39 is 12.1 Å². The van der Waals surface area contributed by atoms with Gasteiger partial charge in [0.05, 0.1) is 20.3 Å². The number of nitrogens with one attached hydrogen (secondary N) is 1. The lowest BCUT2D eigenvalue weighted by Gasteiger charge is -2.22.